The number of rotatable bonds is 11. The molecular formula is C29H45Cl2N5O4S. The first-order valence-corrected chi connectivity index (χ1v) is 16.0. The minimum absolute atomic E-state index is 0. The lowest BCUT2D eigenvalue weighted by molar-refractivity contribution is 0.114. The van der Waals surface area contributed by atoms with Crippen LogP contribution in [-0.4, -0.2) is 75.3 Å². The molecule has 12 heteroatoms. The molecule has 2 saturated heterocycles. The number of hydrogen-bond acceptors (Lipinski definition) is 6. The predicted octanol–water partition coefficient (Wildman–Crippen LogP) is 5.22. The van der Waals surface area contributed by atoms with E-state index >= 15 is 0 Å². The fourth-order valence-corrected chi connectivity index (χ4v) is 5.83. The quantitative estimate of drug-likeness (QED) is 0.315. The van der Waals surface area contributed by atoms with Crippen LogP contribution in [0.15, 0.2) is 48.5 Å². The molecule has 2 aliphatic heterocycles. The number of amides is 2. The molecule has 4 rings (SSSR count). The number of unbranched alkanes of at least 4 members (excludes halogenated alkanes) is 1. The molecule has 0 aromatic heterocycles. The van der Waals surface area contributed by atoms with Crippen molar-refractivity contribution in [2.75, 3.05) is 43.7 Å². The van der Waals surface area contributed by atoms with Crippen molar-refractivity contribution in [3.8, 4) is 11.5 Å². The number of halogens is 2. The molecule has 0 unspecified atom stereocenters. The minimum Gasteiger partial charge on any atom is -0.457 e. The van der Waals surface area contributed by atoms with Crippen LogP contribution in [0.5, 0.6) is 11.5 Å². The van der Waals surface area contributed by atoms with E-state index < -0.39 is 10.0 Å². The molecular weight excluding hydrogens is 585 g/mol. The van der Waals surface area contributed by atoms with Crippen LogP contribution in [0.1, 0.15) is 51.0 Å². The van der Waals surface area contributed by atoms with Crippen LogP contribution in [0.3, 0.4) is 0 Å². The summed E-state index contributed by atoms with van der Waals surface area (Å²) in [5, 5.41) is 6.67. The number of urea groups is 1. The van der Waals surface area contributed by atoms with Crippen molar-refractivity contribution in [3.63, 3.8) is 0 Å². The second-order valence-corrected chi connectivity index (χ2v) is 12.4. The van der Waals surface area contributed by atoms with Gasteiger partial charge < -0.3 is 20.3 Å². The van der Waals surface area contributed by atoms with E-state index in [1.165, 1.54) is 5.56 Å². The van der Waals surface area contributed by atoms with Crippen LogP contribution in [0.25, 0.3) is 0 Å². The number of nitrogens with one attached hydrogen (secondary N) is 3. The van der Waals surface area contributed by atoms with Crippen LogP contribution in [0.2, 0.25) is 0 Å². The lowest BCUT2D eigenvalue weighted by atomic mass is 10.0. The Kier molecular flexibility index (Phi) is 14.5. The highest BCUT2D eigenvalue weighted by atomic mass is 35.5. The summed E-state index contributed by atoms with van der Waals surface area (Å²) in [5.74, 6) is 1.37. The summed E-state index contributed by atoms with van der Waals surface area (Å²) in [4.78, 5) is 17.7. The lowest BCUT2D eigenvalue weighted by Crippen LogP contribution is -2.55. The van der Waals surface area contributed by atoms with E-state index in [1.54, 1.807) is 24.3 Å². The second-order valence-electron chi connectivity index (χ2n) is 10.7. The highest BCUT2D eigenvalue weighted by Gasteiger charge is 2.29. The summed E-state index contributed by atoms with van der Waals surface area (Å²) in [6.45, 7) is 7.72. The molecule has 0 spiro atoms. The zero-order chi connectivity index (χ0) is 27.7. The molecule has 230 valence electrons. The Balaban J connectivity index is 0.00000294. The summed E-state index contributed by atoms with van der Waals surface area (Å²) in [5.41, 5.74) is 1.72. The number of carbonyl (C=O) groups excluding carboxylic acids is 1. The van der Waals surface area contributed by atoms with Crippen molar-refractivity contribution >= 4 is 46.6 Å². The predicted molar refractivity (Wildman–Crippen MR) is 170 cm³/mol. The molecule has 1 atom stereocenters. The first-order valence-electron chi connectivity index (χ1n) is 14.1. The fourth-order valence-electron chi connectivity index (χ4n) is 5.26. The maximum absolute atomic E-state index is 13.2. The number of piperidine rings is 2. The Labute approximate surface area is 257 Å². The van der Waals surface area contributed by atoms with E-state index in [4.69, 9.17) is 4.74 Å². The third-order valence-electron chi connectivity index (χ3n) is 7.36. The van der Waals surface area contributed by atoms with Gasteiger partial charge in [0.2, 0.25) is 10.0 Å². The standard InChI is InChI=1S/C29H43N5O4S.2ClH/c1-3-4-18-34(29(35)31-25-6-5-17-30-21-25)26-15-19-33(20-16-26)22-23-7-11-27(12-8-23)38-28-13-9-24(10-14-28)32-39(2,36)37;;/h7-14,25-26,30,32H,3-6,15-22H2,1-2H3,(H,31,35);2*1H/t25-;;/m1../s1. The van der Waals surface area contributed by atoms with Gasteiger partial charge in [-0.05, 0) is 80.6 Å². The highest BCUT2D eigenvalue weighted by molar-refractivity contribution is 7.92. The van der Waals surface area contributed by atoms with Gasteiger partial charge in [-0.3, -0.25) is 9.62 Å². The summed E-state index contributed by atoms with van der Waals surface area (Å²) in [6.07, 6.45) is 7.39. The average Bonchev–Trinajstić information content (AvgIpc) is 2.92. The molecule has 41 heavy (non-hydrogen) atoms. The van der Waals surface area contributed by atoms with Gasteiger partial charge in [-0.1, -0.05) is 25.5 Å². The van der Waals surface area contributed by atoms with Gasteiger partial charge in [-0.2, -0.15) is 0 Å². The first-order chi connectivity index (χ1) is 18.8. The van der Waals surface area contributed by atoms with E-state index in [9.17, 15) is 13.2 Å². The van der Waals surface area contributed by atoms with Crippen LogP contribution in [-0.2, 0) is 16.6 Å². The molecule has 2 aromatic rings. The number of likely N-dealkylation sites (tertiary alicyclic amines) is 1. The number of ether oxygens (including phenoxy) is 1. The fraction of sp³-hybridized carbons (Fsp3) is 0.552. The Bertz CT molecular complexity index is 1150. The molecule has 0 bridgehead atoms. The summed E-state index contributed by atoms with van der Waals surface area (Å²) >= 11 is 0. The van der Waals surface area contributed by atoms with E-state index in [-0.39, 0.29) is 36.9 Å². The number of anilines is 1. The van der Waals surface area contributed by atoms with Crippen molar-refractivity contribution in [3.05, 3.63) is 54.1 Å². The lowest BCUT2D eigenvalue weighted by Gasteiger charge is -2.39. The first kappa shape index (κ1) is 35.0. The number of benzene rings is 2. The Hall–Kier alpha value is -2.24. The van der Waals surface area contributed by atoms with Crippen molar-refractivity contribution in [1.29, 1.82) is 0 Å². The van der Waals surface area contributed by atoms with Crippen LogP contribution >= 0.6 is 24.8 Å². The zero-order valence-corrected chi connectivity index (χ0v) is 26.5. The molecule has 3 N–H and O–H groups in total. The third kappa shape index (κ3) is 11.5. The maximum atomic E-state index is 13.2. The normalized spacial score (nSPS) is 18.0. The van der Waals surface area contributed by atoms with Crippen molar-refractivity contribution in [1.82, 2.24) is 20.4 Å². The number of nitrogens with zero attached hydrogens (tertiary/aromatic N) is 2. The van der Waals surface area contributed by atoms with Crippen LogP contribution in [0.4, 0.5) is 10.5 Å². The van der Waals surface area contributed by atoms with Gasteiger partial charge in [0, 0.05) is 50.5 Å². The van der Waals surface area contributed by atoms with Crippen molar-refractivity contribution in [2.45, 2.75) is 64.1 Å². The smallest absolute Gasteiger partial charge is 0.317 e. The monoisotopic (exact) mass is 629 g/mol. The summed E-state index contributed by atoms with van der Waals surface area (Å²) in [6, 6.07) is 15.5. The van der Waals surface area contributed by atoms with Gasteiger partial charge in [0.25, 0.3) is 0 Å². The van der Waals surface area contributed by atoms with E-state index in [0.29, 0.717) is 17.5 Å². The van der Waals surface area contributed by atoms with E-state index in [1.807, 2.05) is 12.1 Å². The molecule has 2 fully saturated rings. The highest BCUT2D eigenvalue weighted by Crippen LogP contribution is 2.25. The third-order valence-corrected chi connectivity index (χ3v) is 7.97. The van der Waals surface area contributed by atoms with Gasteiger partial charge in [-0.25, -0.2) is 13.2 Å². The SMILES string of the molecule is CCCCN(C(=O)N[C@@H]1CCCNC1)C1CCN(Cc2ccc(Oc3ccc(NS(C)(=O)=O)cc3)cc2)CC1.Cl.Cl. The van der Waals surface area contributed by atoms with Crippen LogP contribution in [0, 0.1) is 0 Å². The molecule has 0 aliphatic carbocycles. The van der Waals surface area contributed by atoms with Gasteiger partial charge in [0.05, 0.1) is 6.26 Å². The maximum Gasteiger partial charge on any atom is 0.317 e. The number of sulfonamides is 1. The number of hydrogen-bond donors (Lipinski definition) is 3. The second kappa shape index (κ2) is 17.0. The van der Waals surface area contributed by atoms with Crippen molar-refractivity contribution < 1.29 is 17.9 Å². The molecule has 0 saturated carbocycles. The largest absolute Gasteiger partial charge is 0.457 e. The molecule has 2 amide bonds. The molecule has 2 aromatic carbocycles. The van der Waals surface area contributed by atoms with E-state index in [0.717, 1.165) is 89.8 Å². The van der Waals surface area contributed by atoms with Gasteiger partial charge in [0.15, 0.2) is 0 Å². The molecule has 9 nitrogen and oxygen atoms in total. The summed E-state index contributed by atoms with van der Waals surface area (Å²) < 4.78 is 31.1. The number of carbonyl (C=O) groups is 1. The summed E-state index contributed by atoms with van der Waals surface area (Å²) in [7, 11) is -3.30. The van der Waals surface area contributed by atoms with Gasteiger partial charge in [-0.15, -0.1) is 24.8 Å². The van der Waals surface area contributed by atoms with E-state index in [2.05, 4.69) is 44.2 Å². The van der Waals surface area contributed by atoms with Gasteiger partial charge >= 0.3 is 6.03 Å². The van der Waals surface area contributed by atoms with Crippen LogP contribution < -0.4 is 20.1 Å². The Morgan fingerprint density at radius 1 is 1.02 bits per heavy atom. The topological polar surface area (TPSA) is 103 Å². The average molecular weight is 631 g/mol. The molecule has 0 radical (unpaired) electrons. The zero-order valence-electron chi connectivity index (χ0n) is 24.0. The van der Waals surface area contributed by atoms with Gasteiger partial charge in [0.1, 0.15) is 11.5 Å². The Morgan fingerprint density at radius 3 is 2.22 bits per heavy atom. The molecule has 2 heterocycles. The Morgan fingerprint density at radius 2 is 1.66 bits per heavy atom. The minimum atomic E-state index is -3.30. The molecule has 2 aliphatic rings. The van der Waals surface area contributed by atoms with Crippen molar-refractivity contribution in [2.24, 2.45) is 0 Å².